The number of hydrogen-bond donors (Lipinski definition) is 0. The highest BCUT2D eigenvalue weighted by atomic mass is 16.6. The Hall–Kier alpha value is -1.13. The van der Waals surface area contributed by atoms with E-state index in [1.165, 1.54) is 5.69 Å². The molecular weight excluding hydrogens is 230 g/mol. The second kappa shape index (κ2) is 4.86. The first-order chi connectivity index (χ1) is 8.75. The van der Waals surface area contributed by atoms with E-state index in [2.05, 4.69) is 11.5 Å². The van der Waals surface area contributed by atoms with Crippen LogP contribution in [0.5, 0.6) is 0 Å². The van der Waals surface area contributed by atoms with Crippen LogP contribution >= 0.6 is 0 Å². The van der Waals surface area contributed by atoms with Gasteiger partial charge in [-0.1, -0.05) is 0 Å². The molecule has 18 heavy (non-hydrogen) atoms. The van der Waals surface area contributed by atoms with Gasteiger partial charge in [-0.15, -0.1) is 0 Å². The van der Waals surface area contributed by atoms with E-state index in [1.54, 1.807) is 0 Å². The number of carbonyl (C=O) groups is 1. The zero-order valence-corrected chi connectivity index (χ0v) is 10.8. The molecule has 0 aromatic carbocycles. The third-order valence-electron chi connectivity index (χ3n) is 3.80. The van der Waals surface area contributed by atoms with Crippen LogP contribution in [0.3, 0.4) is 0 Å². The Morgan fingerprint density at radius 1 is 1.39 bits per heavy atom. The van der Waals surface area contributed by atoms with Gasteiger partial charge in [-0.25, -0.2) is 0 Å². The second-order valence-corrected chi connectivity index (χ2v) is 5.10. The summed E-state index contributed by atoms with van der Waals surface area (Å²) in [6, 6.07) is 2.03. The third-order valence-corrected chi connectivity index (χ3v) is 3.80. The molecule has 1 aromatic rings. The zero-order valence-electron chi connectivity index (χ0n) is 10.8. The Kier molecular flexibility index (Phi) is 3.22. The van der Waals surface area contributed by atoms with Crippen molar-refractivity contribution in [3.63, 3.8) is 0 Å². The summed E-state index contributed by atoms with van der Waals surface area (Å²) in [5.41, 5.74) is 3.28. The number of ether oxygens (including phenoxy) is 2. The van der Waals surface area contributed by atoms with E-state index >= 15 is 0 Å². The monoisotopic (exact) mass is 249 g/mol. The molecule has 0 amide bonds. The van der Waals surface area contributed by atoms with Crippen LogP contribution in [0, 0.1) is 6.92 Å². The first kappa shape index (κ1) is 11.9. The van der Waals surface area contributed by atoms with Gasteiger partial charge in [-0.2, -0.15) is 0 Å². The van der Waals surface area contributed by atoms with Crippen molar-refractivity contribution < 1.29 is 14.3 Å². The minimum absolute atomic E-state index is 0.117. The predicted octanol–water partition coefficient (Wildman–Crippen LogP) is 1.73. The molecule has 3 rings (SSSR count). The molecule has 0 spiro atoms. The van der Waals surface area contributed by atoms with E-state index in [1.807, 2.05) is 6.07 Å². The molecule has 4 nitrogen and oxygen atoms in total. The maximum atomic E-state index is 11.9. The SMILES string of the molecule is Cc1cc2c(n1CC1COCCO1)CCCC2=O. The molecule has 0 N–H and O–H groups in total. The first-order valence-corrected chi connectivity index (χ1v) is 6.67. The number of aryl methyl sites for hydroxylation is 1. The summed E-state index contributed by atoms with van der Waals surface area (Å²) in [4.78, 5) is 11.9. The third kappa shape index (κ3) is 2.10. The summed E-state index contributed by atoms with van der Waals surface area (Å²) in [7, 11) is 0. The number of aromatic nitrogens is 1. The number of carbonyl (C=O) groups excluding carboxylic acids is 1. The smallest absolute Gasteiger partial charge is 0.164 e. The molecule has 4 heteroatoms. The van der Waals surface area contributed by atoms with Gasteiger partial charge in [0.1, 0.15) is 0 Å². The van der Waals surface area contributed by atoms with E-state index in [0.717, 1.165) is 30.6 Å². The van der Waals surface area contributed by atoms with Gasteiger partial charge >= 0.3 is 0 Å². The fourth-order valence-corrected chi connectivity index (χ4v) is 2.89. The molecule has 1 saturated heterocycles. The van der Waals surface area contributed by atoms with Gasteiger partial charge in [0.15, 0.2) is 5.78 Å². The average Bonchev–Trinajstić information content (AvgIpc) is 2.70. The van der Waals surface area contributed by atoms with Gasteiger partial charge in [-0.3, -0.25) is 4.79 Å². The van der Waals surface area contributed by atoms with E-state index in [0.29, 0.717) is 32.0 Å². The maximum Gasteiger partial charge on any atom is 0.164 e. The number of rotatable bonds is 2. The Labute approximate surface area is 107 Å². The van der Waals surface area contributed by atoms with Gasteiger partial charge in [0.25, 0.3) is 0 Å². The fraction of sp³-hybridized carbons (Fsp3) is 0.643. The van der Waals surface area contributed by atoms with Crippen LogP contribution in [0.25, 0.3) is 0 Å². The van der Waals surface area contributed by atoms with Crippen molar-refractivity contribution in [2.45, 2.75) is 38.8 Å². The molecule has 98 valence electrons. The van der Waals surface area contributed by atoms with Crippen LogP contribution < -0.4 is 0 Å². The van der Waals surface area contributed by atoms with Crippen LogP contribution in [0.2, 0.25) is 0 Å². The number of Topliss-reactive ketones (excluding diaryl/α,β-unsaturated/α-hetero) is 1. The molecule has 1 aliphatic heterocycles. The highest BCUT2D eigenvalue weighted by Gasteiger charge is 2.24. The Balaban J connectivity index is 1.85. The van der Waals surface area contributed by atoms with Gasteiger partial charge in [0.2, 0.25) is 0 Å². The van der Waals surface area contributed by atoms with Crippen LogP contribution in [0.1, 0.15) is 34.6 Å². The Bertz CT molecular complexity index is 458. The van der Waals surface area contributed by atoms with Gasteiger partial charge in [-0.05, 0) is 25.8 Å². The fourth-order valence-electron chi connectivity index (χ4n) is 2.89. The molecule has 2 aliphatic rings. The molecule has 1 unspecified atom stereocenters. The molecule has 1 atom stereocenters. The summed E-state index contributed by atoms with van der Waals surface area (Å²) in [5, 5.41) is 0. The zero-order chi connectivity index (χ0) is 12.5. The molecular formula is C14H19NO3. The van der Waals surface area contributed by atoms with Crippen molar-refractivity contribution in [1.29, 1.82) is 0 Å². The molecule has 0 radical (unpaired) electrons. The topological polar surface area (TPSA) is 40.5 Å². The number of ketones is 1. The standard InChI is InChI=1S/C14H19NO3/c1-10-7-12-13(3-2-4-14(12)16)15(10)8-11-9-17-5-6-18-11/h7,11H,2-6,8-9H2,1H3. The summed E-state index contributed by atoms with van der Waals surface area (Å²) >= 11 is 0. The molecule has 0 bridgehead atoms. The lowest BCUT2D eigenvalue weighted by Gasteiger charge is -2.25. The number of hydrogen-bond acceptors (Lipinski definition) is 3. The van der Waals surface area contributed by atoms with E-state index in [-0.39, 0.29) is 6.10 Å². The number of fused-ring (bicyclic) bond motifs is 1. The highest BCUT2D eigenvalue weighted by Crippen LogP contribution is 2.25. The molecule has 1 fully saturated rings. The lowest BCUT2D eigenvalue weighted by atomic mass is 9.96. The van der Waals surface area contributed by atoms with E-state index < -0.39 is 0 Å². The van der Waals surface area contributed by atoms with Crippen molar-refractivity contribution in [3.8, 4) is 0 Å². The molecule has 1 aromatic heterocycles. The van der Waals surface area contributed by atoms with Crippen molar-refractivity contribution in [1.82, 2.24) is 4.57 Å². The average molecular weight is 249 g/mol. The van der Waals surface area contributed by atoms with Crippen LogP contribution in [-0.4, -0.2) is 36.3 Å². The Morgan fingerprint density at radius 2 is 2.28 bits per heavy atom. The van der Waals surface area contributed by atoms with Gasteiger partial charge < -0.3 is 14.0 Å². The van der Waals surface area contributed by atoms with Crippen LogP contribution in [0.15, 0.2) is 6.07 Å². The summed E-state index contributed by atoms with van der Waals surface area (Å²) in [6.45, 7) is 4.88. The van der Waals surface area contributed by atoms with Gasteiger partial charge in [0.05, 0.1) is 32.5 Å². The largest absolute Gasteiger partial charge is 0.376 e. The minimum atomic E-state index is 0.117. The van der Waals surface area contributed by atoms with Crippen molar-refractivity contribution in [2.24, 2.45) is 0 Å². The van der Waals surface area contributed by atoms with E-state index in [4.69, 9.17) is 9.47 Å². The second-order valence-electron chi connectivity index (χ2n) is 5.10. The van der Waals surface area contributed by atoms with Gasteiger partial charge in [0, 0.05) is 23.4 Å². The highest BCUT2D eigenvalue weighted by molar-refractivity contribution is 5.98. The van der Waals surface area contributed by atoms with Crippen molar-refractivity contribution in [3.05, 3.63) is 23.0 Å². The Morgan fingerprint density at radius 3 is 3.06 bits per heavy atom. The van der Waals surface area contributed by atoms with Crippen molar-refractivity contribution >= 4 is 5.78 Å². The minimum Gasteiger partial charge on any atom is -0.376 e. The predicted molar refractivity (Wildman–Crippen MR) is 67.0 cm³/mol. The normalized spacial score (nSPS) is 24.1. The maximum absolute atomic E-state index is 11.9. The quantitative estimate of drug-likeness (QED) is 0.801. The number of nitrogens with zero attached hydrogens (tertiary/aromatic N) is 1. The van der Waals surface area contributed by atoms with Crippen LogP contribution in [0.4, 0.5) is 0 Å². The van der Waals surface area contributed by atoms with E-state index in [9.17, 15) is 4.79 Å². The lowest BCUT2D eigenvalue weighted by molar-refractivity contribution is -0.0939. The summed E-state index contributed by atoms with van der Waals surface area (Å²) in [5.74, 6) is 0.291. The molecule has 2 heterocycles. The lowest BCUT2D eigenvalue weighted by Crippen LogP contribution is -2.33. The summed E-state index contributed by atoms with van der Waals surface area (Å²) in [6.07, 6.45) is 2.78. The molecule has 0 saturated carbocycles. The van der Waals surface area contributed by atoms with Crippen molar-refractivity contribution in [2.75, 3.05) is 19.8 Å². The first-order valence-electron chi connectivity index (χ1n) is 6.67. The molecule has 1 aliphatic carbocycles. The van der Waals surface area contributed by atoms with Crippen LogP contribution in [-0.2, 0) is 22.4 Å². The summed E-state index contributed by atoms with van der Waals surface area (Å²) < 4.78 is 13.4.